The van der Waals surface area contributed by atoms with Gasteiger partial charge in [-0.05, 0) is 168 Å². The number of amides is 2. The van der Waals surface area contributed by atoms with Gasteiger partial charge in [0.1, 0.15) is 11.2 Å². The van der Waals surface area contributed by atoms with Crippen LogP contribution in [0.15, 0.2) is 48.5 Å². The minimum atomic E-state index is -0.464. The molecular weight excluding hydrogens is 649 g/mol. The highest BCUT2D eigenvalue weighted by Gasteiger charge is 2.36. The molecule has 0 spiro atoms. The van der Waals surface area contributed by atoms with Crippen LogP contribution in [0.4, 0.5) is 9.59 Å². The molecule has 52 heavy (non-hydrogen) atoms. The predicted molar refractivity (Wildman–Crippen MR) is 213 cm³/mol. The molecule has 3 aliphatic carbocycles. The maximum atomic E-state index is 12.2. The second-order valence-electron chi connectivity index (χ2n) is 18.0. The average Bonchev–Trinajstić information content (AvgIpc) is 3.90. The van der Waals surface area contributed by atoms with Gasteiger partial charge in [0.15, 0.2) is 0 Å². The van der Waals surface area contributed by atoms with Gasteiger partial charge in [-0.1, -0.05) is 61.9 Å². The molecule has 2 N–H and O–H groups in total. The summed E-state index contributed by atoms with van der Waals surface area (Å²) in [4.78, 5) is 28.9. The van der Waals surface area contributed by atoms with E-state index in [0.29, 0.717) is 23.9 Å². The SMILES string of the molecule is CCCc1cccc(C2CC[C@H](NC(=O)OC(C)(C)C)[C@@H](N(C)C)C2)c1.CN(C)[C@H]1CC(c2cccc(C3CC3)c2)CC[C@@H]1NC(=O)OC(C)(C)C. The monoisotopic (exact) mass is 719 g/mol. The summed E-state index contributed by atoms with van der Waals surface area (Å²) in [7, 11) is 8.42. The fourth-order valence-corrected chi connectivity index (χ4v) is 8.07. The molecule has 3 fully saturated rings. The molecule has 3 saturated carbocycles. The van der Waals surface area contributed by atoms with Gasteiger partial charge < -0.3 is 29.9 Å². The van der Waals surface area contributed by atoms with E-state index in [1.54, 1.807) is 0 Å². The summed E-state index contributed by atoms with van der Waals surface area (Å²) in [6.45, 7) is 13.6. The Morgan fingerprint density at radius 2 is 1.04 bits per heavy atom. The van der Waals surface area contributed by atoms with Crippen molar-refractivity contribution in [1.29, 1.82) is 0 Å². The zero-order valence-electron chi connectivity index (χ0n) is 34.3. The third-order valence-corrected chi connectivity index (χ3v) is 10.8. The molecule has 5 rings (SSSR count). The van der Waals surface area contributed by atoms with Crippen molar-refractivity contribution in [3.05, 3.63) is 70.8 Å². The van der Waals surface area contributed by atoms with Gasteiger partial charge in [-0.2, -0.15) is 0 Å². The molecule has 290 valence electrons. The third kappa shape index (κ3) is 13.1. The van der Waals surface area contributed by atoms with Gasteiger partial charge in [0.05, 0.1) is 0 Å². The second kappa shape index (κ2) is 18.3. The summed E-state index contributed by atoms with van der Waals surface area (Å²) in [5.74, 6) is 1.92. The standard InChI is InChI=1S/C22H34N2O2.C22H36N2O2/c1-22(2,3)26-21(25)23-19-12-11-18(14-20(19)24(4)5)17-8-6-7-16(13-17)15-9-10-15;1-7-9-16-10-8-11-17(14-16)18-12-13-19(20(15-18)24(5)6)23-21(25)26-22(2,3)4/h6-8,13,15,18-20H,9-12,14H2,1-5H3,(H,23,25);8,10-11,14,18-20H,7,9,12-13,15H2,1-6H3,(H,23,25)/t2*18?,19-,20-/m00/s1. The molecule has 2 unspecified atom stereocenters. The number of hydrogen-bond donors (Lipinski definition) is 2. The van der Waals surface area contributed by atoms with Crippen LogP contribution in [0.25, 0.3) is 0 Å². The first kappa shape index (κ1) is 41.7. The zero-order valence-corrected chi connectivity index (χ0v) is 34.3. The quantitative estimate of drug-likeness (QED) is 0.269. The second-order valence-corrected chi connectivity index (χ2v) is 18.0. The molecule has 6 atom stereocenters. The van der Waals surface area contributed by atoms with Crippen molar-refractivity contribution in [2.45, 2.75) is 166 Å². The van der Waals surface area contributed by atoms with Crippen LogP contribution in [0.2, 0.25) is 0 Å². The van der Waals surface area contributed by atoms with E-state index >= 15 is 0 Å². The lowest BCUT2D eigenvalue weighted by atomic mass is 9.78. The molecule has 0 aromatic heterocycles. The number of nitrogens with one attached hydrogen (secondary N) is 2. The maximum Gasteiger partial charge on any atom is 0.407 e. The largest absolute Gasteiger partial charge is 0.444 e. The number of carbonyl (C=O) groups is 2. The number of aryl methyl sites for hydroxylation is 1. The van der Waals surface area contributed by atoms with Crippen LogP contribution in [0, 0.1) is 0 Å². The van der Waals surface area contributed by atoms with Crippen molar-refractivity contribution < 1.29 is 19.1 Å². The highest BCUT2D eigenvalue weighted by molar-refractivity contribution is 5.68. The number of hydrogen-bond acceptors (Lipinski definition) is 6. The molecule has 2 aromatic carbocycles. The Morgan fingerprint density at radius 3 is 1.44 bits per heavy atom. The van der Waals surface area contributed by atoms with Gasteiger partial charge in [-0.15, -0.1) is 0 Å². The van der Waals surface area contributed by atoms with Crippen LogP contribution < -0.4 is 10.6 Å². The fraction of sp³-hybridized carbons (Fsp3) is 0.682. The lowest BCUT2D eigenvalue weighted by Gasteiger charge is -2.40. The number of rotatable bonds is 9. The minimum absolute atomic E-state index is 0.134. The topological polar surface area (TPSA) is 83.1 Å². The van der Waals surface area contributed by atoms with Gasteiger partial charge in [0.2, 0.25) is 0 Å². The summed E-state index contributed by atoms with van der Waals surface area (Å²) in [6.07, 6.45) is 10.7. The molecule has 8 nitrogen and oxygen atoms in total. The highest BCUT2D eigenvalue weighted by atomic mass is 16.6. The summed E-state index contributed by atoms with van der Waals surface area (Å²) in [5, 5.41) is 6.22. The number of benzene rings is 2. The Bertz CT molecular complexity index is 1440. The third-order valence-electron chi connectivity index (χ3n) is 10.8. The lowest BCUT2D eigenvalue weighted by molar-refractivity contribution is 0.0434. The number of carbonyl (C=O) groups excluding carboxylic acids is 2. The molecular formula is C44H70N4O4. The molecule has 0 radical (unpaired) electrons. The summed E-state index contributed by atoms with van der Waals surface area (Å²) in [6, 6.07) is 19.2. The molecule has 2 aromatic rings. The van der Waals surface area contributed by atoms with Crippen molar-refractivity contribution in [2.24, 2.45) is 0 Å². The van der Waals surface area contributed by atoms with Gasteiger partial charge in [0.25, 0.3) is 0 Å². The van der Waals surface area contributed by atoms with Gasteiger partial charge in [0, 0.05) is 24.2 Å². The number of alkyl carbamates (subject to hydrolysis) is 2. The first-order valence-electron chi connectivity index (χ1n) is 19.9. The van der Waals surface area contributed by atoms with E-state index in [9.17, 15) is 9.59 Å². The van der Waals surface area contributed by atoms with Crippen molar-refractivity contribution in [2.75, 3.05) is 28.2 Å². The van der Waals surface area contributed by atoms with Gasteiger partial charge >= 0.3 is 12.2 Å². The summed E-state index contributed by atoms with van der Waals surface area (Å²) >= 11 is 0. The zero-order chi connectivity index (χ0) is 38.2. The van der Waals surface area contributed by atoms with Crippen LogP contribution in [0.3, 0.4) is 0 Å². The van der Waals surface area contributed by atoms with E-state index in [0.717, 1.165) is 50.9 Å². The molecule has 3 aliphatic rings. The Balaban J connectivity index is 0.000000233. The van der Waals surface area contributed by atoms with Crippen molar-refractivity contribution in [1.82, 2.24) is 20.4 Å². The van der Waals surface area contributed by atoms with Crippen molar-refractivity contribution in [3.8, 4) is 0 Å². The van der Waals surface area contributed by atoms with Crippen molar-refractivity contribution in [3.63, 3.8) is 0 Å². The Labute approximate surface area is 315 Å². The van der Waals surface area contributed by atoms with E-state index in [-0.39, 0.29) is 24.3 Å². The molecule has 0 bridgehead atoms. The Kier molecular flexibility index (Phi) is 14.7. The molecule has 0 saturated heterocycles. The Morgan fingerprint density at radius 1 is 0.635 bits per heavy atom. The van der Waals surface area contributed by atoms with Crippen LogP contribution in [-0.4, -0.2) is 85.5 Å². The first-order chi connectivity index (χ1) is 24.4. The summed E-state index contributed by atoms with van der Waals surface area (Å²) < 4.78 is 10.9. The highest BCUT2D eigenvalue weighted by Crippen LogP contribution is 2.42. The fourth-order valence-electron chi connectivity index (χ4n) is 8.07. The van der Waals surface area contributed by atoms with Crippen LogP contribution in [0.1, 0.15) is 146 Å². The van der Waals surface area contributed by atoms with E-state index < -0.39 is 11.2 Å². The van der Waals surface area contributed by atoms with E-state index in [1.165, 1.54) is 41.5 Å². The van der Waals surface area contributed by atoms with Crippen molar-refractivity contribution >= 4 is 12.2 Å². The van der Waals surface area contributed by atoms with Gasteiger partial charge in [-0.25, -0.2) is 9.59 Å². The number of likely N-dealkylation sites (N-methyl/N-ethyl adjacent to an activating group) is 2. The van der Waals surface area contributed by atoms with Crippen LogP contribution >= 0.6 is 0 Å². The lowest BCUT2D eigenvalue weighted by Crippen LogP contribution is -2.53. The molecule has 8 heteroatoms. The van der Waals surface area contributed by atoms with E-state index in [4.69, 9.17) is 9.47 Å². The average molecular weight is 719 g/mol. The Hall–Kier alpha value is -3.10. The summed E-state index contributed by atoms with van der Waals surface area (Å²) in [5.41, 5.74) is 4.93. The van der Waals surface area contributed by atoms with Gasteiger partial charge in [-0.3, -0.25) is 0 Å². The molecule has 0 heterocycles. The normalized spacial score (nSPS) is 25.2. The molecule has 2 amide bonds. The van der Waals surface area contributed by atoms with Crippen LogP contribution in [0.5, 0.6) is 0 Å². The predicted octanol–water partition coefficient (Wildman–Crippen LogP) is 9.39. The van der Waals surface area contributed by atoms with Crippen LogP contribution in [-0.2, 0) is 15.9 Å². The van der Waals surface area contributed by atoms with E-state index in [2.05, 4.69) is 104 Å². The van der Waals surface area contributed by atoms with E-state index in [1.807, 2.05) is 41.5 Å². The molecule has 0 aliphatic heterocycles. The first-order valence-corrected chi connectivity index (χ1v) is 19.9. The minimum Gasteiger partial charge on any atom is -0.444 e. The maximum absolute atomic E-state index is 12.2. The number of ether oxygens (including phenoxy) is 2. The number of nitrogens with zero attached hydrogens (tertiary/aromatic N) is 2. The smallest absolute Gasteiger partial charge is 0.407 e.